The largest absolute Gasteiger partial charge is 0.496 e. The van der Waals surface area contributed by atoms with Crippen molar-refractivity contribution in [3.05, 3.63) is 63.4 Å². The number of hydrogen-bond donors (Lipinski definition) is 1. The fourth-order valence-electron chi connectivity index (χ4n) is 2.27. The lowest BCUT2D eigenvalue weighted by molar-refractivity contribution is 0.402. The van der Waals surface area contributed by atoms with Crippen molar-refractivity contribution in [2.45, 2.75) is 13.0 Å². The van der Waals surface area contributed by atoms with Crippen LogP contribution in [0.3, 0.4) is 0 Å². The average Bonchev–Trinajstić information content (AvgIpc) is 2.48. The van der Waals surface area contributed by atoms with Crippen molar-refractivity contribution in [2.24, 2.45) is 0 Å². The van der Waals surface area contributed by atoms with Gasteiger partial charge in [0.2, 0.25) is 0 Å². The number of methoxy groups -OCH3 is 1. The number of hydrogen-bond acceptors (Lipinski definition) is 2. The molecule has 0 amide bonds. The van der Waals surface area contributed by atoms with Gasteiger partial charge in [-0.3, -0.25) is 0 Å². The Balaban J connectivity index is 2.58. The molecule has 0 saturated carbocycles. The van der Waals surface area contributed by atoms with E-state index in [0.29, 0.717) is 27.9 Å². The van der Waals surface area contributed by atoms with Gasteiger partial charge >= 0.3 is 0 Å². The fraction of sp³-hybridized carbons (Fsp3) is 0.250. The van der Waals surface area contributed by atoms with Crippen LogP contribution in [0.25, 0.3) is 0 Å². The van der Waals surface area contributed by atoms with Crippen molar-refractivity contribution in [3.8, 4) is 5.75 Å². The zero-order chi connectivity index (χ0) is 15.4. The summed E-state index contributed by atoms with van der Waals surface area (Å²) in [6.45, 7) is 2.66. The average molecular weight is 328 g/mol. The first-order valence-electron chi connectivity index (χ1n) is 6.59. The summed E-state index contributed by atoms with van der Waals surface area (Å²) in [7, 11) is 1.55. The van der Waals surface area contributed by atoms with E-state index in [0.717, 1.165) is 5.56 Å². The minimum atomic E-state index is -0.327. The predicted octanol–water partition coefficient (Wildman–Crippen LogP) is 4.84. The SMILES string of the molecule is CCNC(c1cc(F)ccc1OC)c1cccc(Cl)c1Cl. The van der Waals surface area contributed by atoms with Gasteiger partial charge in [-0.05, 0) is 36.4 Å². The van der Waals surface area contributed by atoms with Gasteiger partial charge in [0.15, 0.2) is 0 Å². The van der Waals surface area contributed by atoms with Gasteiger partial charge in [0.1, 0.15) is 11.6 Å². The number of halogens is 3. The molecule has 2 rings (SSSR count). The molecule has 0 fully saturated rings. The van der Waals surface area contributed by atoms with Crippen LogP contribution in [0.5, 0.6) is 5.75 Å². The van der Waals surface area contributed by atoms with Crippen molar-refractivity contribution in [1.82, 2.24) is 5.32 Å². The van der Waals surface area contributed by atoms with Crippen LogP contribution in [0.15, 0.2) is 36.4 Å². The van der Waals surface area contributed by atoms with E-state index in [2.05, 4.69) is 5.32 Å². The lowest BCUT2D eigenvalue weighted by Crippen LogP contribution is -2.23. The number of nitrogens with one attached hydrogen (secondary N) is 1. The summed E-state index contributed by atoms with van der Waals surface area (Å²) in [6, 6.07) is 9.53. The molecule has 2 aromatic carbocycles. The zero-order valence-corrected chi connectivity index (χ0v) is 13.3. The van der Waals surface area contributed by atoms with Crippen molar-refractivity contribution < 1.29 is 9.13 Å². The van der Waals surface area contributed by atoms with Crippen LogP contribution >= 0.6 is 23.2 Å². The summed E-state index contributed by atoms with van der Waals surface area (Å²) in [4.78, 5) is 0. The van der Waals surface area contributed by atoms with Crippen LogP contribution in [-0.4, -0.2) is 13.7 Å². The molecule has 0 aliphatic rings. The smallest absolute Gasteiger partial charge is 0.124 e. The van der Waals surface area contributed by atoms with Crippen molar-refractivity contribution in [3.63, 3.8) is 0 Å². The Bertz CT molecular complexity index is 634. The van der Waals surface area contributed by atoms with Crippen molar-refractivity contribution in [2.75, 3.05) is 13.7 Å². The van der Waals surface area contributed by atoms with Gasteiger partial charge in [-0.2, -0.15) is 0 Å². The van der Waals surface area contributed by atoms with E-state index in [1.54, 1.807) is 19.2 Å². The first kappa shape index (κ1) is 16.1. The highest BCUT2D eigenvalue weighted by atomic mass is 35.5. The first-order valence-corrected chi connectivity index (χ1v) is 7.34. The number of ether oxygens (including phenoxy) is 1. The summed E-state index contributed by atoms with van der Waals surface area (Å²) < 4.78 is 19.0. The molecular formula is C16H16Cl2FNO. The zero-order valence-electron chi connectivity index (χ0n) is 11.8. The third-order valence-corrected chi connectivity index (χ3v) is 4.04. The maximum atomic E-state index is 13.6. The monoisotopic (exact) mass is 327 g/mol. The van der Waals surface area contributed by atoms with Gasteiger partial charge in [0, 0.05) is 5.56 Å². The van der Waals surface area contributed by atoms with E-state index in [4.69, 9.17) is 27.9 Å². The molecule has 112 valence electrons. The Hall–Kier alpha value is -1.29. The minimum absolute atomic E-state index is 0.299. The topological polar surface area (TPSA) is 21.3 Å². The third-order valence-electron chi connectivity index (χ3n) is 3.20. The molecule has 2 nitrogen and oxygen atoms in total. The van der Waals surface area contributed by atoms with Crippen LogP contribution in [0.2, 0.25) is 10.0 Å². The summed E-state index contributed by atoms with van der Waals surface area (Å²) in [5.74, 6) is 0.269. The van der Waals surface area contributed by atoms with Gasteiger partial charge in [0.05, 0.1) is 23.2 Å². The van der Waals surface area contributed by atoms with Crippen LogP contribution in [-0.2, 0) is 0 Å². The minimum Gasteiger partial charge on any atom is -0.496 e. The van der Waals surface area contributed by atoms with Crippen LogP contribution in [0.1, 0.15) is 24.1 Å². The Labute approximate surface area is 133 Å². The normalized spacial score (nSPS) is 12.2. The van der Waals surface area contributed by atoms with Crippen LogP contribution in [0, 0.1) is 5.82 Å². The maximum Gasteiger partial charge on any atom is 0.124 e. The Morgan fingerprint density at radius 3 is 2.62 bits per heavy atom. The molecule has 1 atom stereocenters. The van der Waals surface area contributed by atoms with E-state index in [-0.39, 0.29) is 11.9 Å². The van der Waals surface area contributed by atoms with Gasteiger partial charge < -0.3 is 10.1 Å². The van der Waals surface area contributed by atoms with Gasteiger partial charge in [0.25, 0.3) is 0 Å². The van der Waals surface area contributed by atoms with Gasteiger partial charge in [-0.25, -0.2) is 4.39 Å². The quantitative estimate of drug-likeness (QED) is 0.848. The van der Waals surface area contributed by atoms with Crippen LogP contribution < -0.4 is 10.1 Å². The Morgan fingerprint density at radius 2 is 1.95 bits per heavy atom. The van der Waals surface area contributed by atoms with E-state index in [1.165, 1.54) is 12.1 Å². The summed E-state index contributed by atoms with van der Waals surface area (Å²) in [6.07, 6.45) is 0. The van der Waals surface area contributed by atoms with Crippen molar-refractivity contribution in [1.29, 1.82) is 0 Å². The summed E-state index contributed by atoms with van der Waals surface area (Å²) in [5.41, 5.74) is 1.47. The highest BCUT2D eigenvalue weighted by molar-refractivity contribution is 6.42. The fourth-order valence-corrected chi connectivity index (χ4v) is 2.68. The van der Waals surface area contributed by atoms with E-state index >= 15 is 0 Å². The van der Waals surface area contributed by atoms with Crippen LogP contribution in [0.4, 0.5) is 4.39 Å². The van der Waals surface area contributed by atoms with Gasteiger partial charge in [-0.15, -0.1) is 0 Å². The maximum absolute atomic E-state index is 13.6. The first-order chi connectivity index (χ1) is 10.1. The highest BCUT2D eigenvalue weighted by Gasteiger charge is 2.21. The second kappa shape index (κ2) is 7.12. The summed E-state index contributed by atoms with van der Waals surface area (Å²) >= 11 is 12.4. The molecular weight excluding hydrogens is 312 g/mol. The number of benzene rings is 2. The van der Waals surface area contributed by atoms with Gasteiger partial charge in [-0.1, -0.05) is 42.3 Å². The molecule has 0 saturated heterocycles. The molecule has 21 heavy (non-hydrogen) atoms. The second-order valence-electron chi connectivity index (χ2n) is 4.52. The molecule has 0 bridgehead atoms. The third kappa shape index (κ3) is 3.49. The Kier molecular flexibility index (Phi) is 5.45. The molecule has 5 heteroatoms. The summed E-state index contributed by atoms with van der Waals surface area (Å²) in [5, 5.41) is 4.22. The van der Waals surface area contributed by atoms with E-state index in [1.807, 2.05) is 19.1 Å². The molecule has 0 aliphatic heterocycles. The molecule has 0 heterocycles. The van der Waals surface area contributed by atoms with E-state index in [9.17, 15) is 4.39 Å². The predicted molar refractivity (Wildman–Crippen MR) is 84.9 cm³/mol. The standard InChI is InChI=1S/C16H16Cl2FNO/c1-3-20-16(11-5-4-6-13(17)15(11)18)12-9-10(19)7-8-14(12)21-2/h4-9,16,20H,3H2,1-2H3. The molecule has 0 spiro atoms. The molecule has 1 N–H and O–H groups in total. The van der Waals surface area contributed by atoms with Crippen molar-refractivity contribution >= 4 is 23.2 Å². The molecule has 1 unspecified atom stereocenters. The number of rotatable bonds is 5. The highest BCUT2D eigenvalue weighted by Crippen LogP contribution is 2.36. The van der Waals surface area contributed by atoms with E-state index < -0.39 is 0 Å². The Morgan fingerprint density at radius 1 is 1.19 bits per heavy atom. The lowest BCUT2D eigenvalue weighted by atomic mass is 9.97. The molecule has 2 aromatic rings. The second-order valence-corrected chi connectivity index (χ2v) is 5.31. The molecule has 0 aromatic heterocycles. The lowest BCUT2D eigenvalue weighted by Gasteiger charge is -2.22. The molecule has 0 radical (unpaired) electrons. The molecule has 0 aliphatic carbocycles.